The molecule has 1 N–H and O–H groups in total. The van der Waals surface area contributed by atoms with Gasteiger partial charge in [-0.3, -0.25) is 9.69 Å². The first-order valence-electron chi connectivity index (χ1n) is 11.7. The average molecular weight is 462 g/mol. The van der Waals surface area contributed by atoms with Crippen LogP contribution in [0.4, 0.5) is 0 Å². The van der Waals surface area contributed by atoms with E-state index in [0.717, 1.165) is 51.4 Å². The first kappa shape index (κ1) is 25.0. The highest BCUT2D eigenvalue weighted by Gasteiger charge is 2.34. The second-order valence-corrected chi connectivity index (χ2v) is 10.3. The Bertz CT molecular complexity index is 810. The molecule has 0 aromatic heterocycles. The topological polar surface area (TPSA) is 69.5 Å². The van der Waals surface area contributed by atoms with Crippen molar-refractivity contribution < 1.29 is 9.53 Å². The molecule has 1 fully saturated rings. The Morgan fingerprint density at radius 1 is 1.28 bits per heavy atom. The van der Waals surface area contributed by atoms with E-state index in [2.05, 4.69) is 71.7 Å². The number of ether oxygens (including phenoxy) is 1. The highest BCUT2D eigenvalue weighted by atomic mass is 32.2. The molecule has 2 aliphatic rings. The van der Waals surface area contributed by atoms with Gasteiger partial charge in [0.05, 0.1) is 12.6 Å². The standard InChI is InChI=1S/C24H39N5O2S/c1-16-17(2)22(31-12-8-7-11-28(5)6)10-9-21(16)19(4)29-14-20(15-29)13-25-24(30)23-18(3)26-27-32-23/h9-10,18-20,23H,7-8,11-15H2,1-6H3,(H,25,30). The molecule has 1 saturated heterocycles. The number of nitrogens with zero attached hydrogens (tertiary/aromatic N) is 4. The zero-order valence-electron chi connectivity index (χ0n) is 20.4. The third kappa shape index (κ3) is 6.23. The van der Waals surface area contributed by atoms with Crippen LogP contribution in [0.3, 0.4) is 0 Å². The number of benzene rings is 1. The molecule has 7 nitrogen and oxygen atoms in total. The van der Waals surface area contributed by atoms with E-state index in [0.29, 0.717) is 12.0 Å². The van der Waals surface area contributed by atoms with Gasteiger partial charge in [-0.1, -0.05) is 6.07 Å². The normalized spacial score (nSPS) is 22.2. The van der Waals surface area contributed by atoms with E-state index in [1.807, 2.05) is 6.92 Å². The number of hydrogen-bond donors (Lipinski definition) is 1. The number of likely N-dealkylation sites (tertiary alicyclic amines) is 1. The van der Waals surface area contributed by atoms with Gasteiger partial charge in [0.2, 0.25) is 5.91 Å². The van der Waals surface area contributed by atoms with Crippen molar-refractivity contribution in [3.8, 4) is 5.75 Å². The van der Waals surface area contributed by atoms with Crippen molar-refractivity contribution >= 4 is 17.9 Å². The van der Waals surface area contributed by atoms with E-state index in [-0.39, 0.29) is 17.2 Å². The molecule has 3 rings (SSSR count). The lowest BCUT2D eigenvalue weighted by molar-refractivity contribution is -0.121. The summed E-state index contributed by atoms with van der Waals surface area (Å²) in [5, 5.41) is 6.95. The summed E-state index contributed by atoms with van der Waals surface area (Å²) in [6, 6.07) is 4.68. The van der Waals surface area contributed by atoms with Crippen LogP contribution < -0.4 is 10.1 Å². The van der Waals surface area contributed by atoms with Crippen molar-refractivity contribution in [2.24, 2.45) is 15.6 Å². The van der Waals surface area contributed by atoms with E-state index < -0.39 is 0 Å². The van der Waals surface area contributed by atoms with Gasteiger partial charge in [-0.2, -0.15) is 5.11 Å². The molecule has 32 heavy (non-hydrogen) atoms. The summed E-state index contributed by atoms with van der Waals surface area (Å²) in [4.78, 5) is 17.0. The molecule has 2 aliphatic heterocycles. The largest absolute Gasteiger partial charge is 0.493 e. The van der Waals surface area contributed by atoms with Crippen LogP contribution in [-0.4, -0.2) is 73.9 Å². The minimum atomic E-state index is -0.176. The van der Waals surface area contributed by atoms with Crippen molar-refractivity contribution in [3.05, 3.63) is 28.8 Å². The van der Waals surface area contributed by atoms with Gasteiger partial charge in [-0.05, 0) is 83.9 Å². The Kier molecular flexibility index (Phi) is 8.96. The van der Waals surface area contributed by atoms with E-state index >= 15 is 0 Å². The van der Waals surface area contributed by atoms with Crippen LogP contribution in [0.5, 0.6) is 5.75 Å². The molecule has 2 heterocycles. The van der Waals surface area contributed by atoms with Gasteiger partial charge in [0.1, 0.15) is 11.0 Å². The highest BCUT2D eigenvalue weighted by Crippen LogP contribution is 2.34. The van der Waals surface area contributed by atoms with Crippen LogP contribution in [0.1, 0.15) is 49.4 Å². The third-order valence-electron chi connectivity index (χ3n) is 6.67. The third-order valence-corrected chi connectivity index (χ3v) is 7.69. The maximum atomic E-state index is 12.3. The van der Waals surface area contributed by atoms with Crippen molar-refractivity contribution in [2.75, 3.05) is 46.9 Å². The number of hydrogen-bond acceptors (Lipinski definition) is 7. The summed E-state index contributed by atoms with van der Waals surface area (Å²) in [6.07, 6.45) is 2.22. The molecule has 0 aliphatic carbocycles. The Labute approximate surface area is 197 Å². The average Bonchev–Trinajstić information content (AvgIpc) is 3.15. The van der Waals surface area contributed by atoms with Gasteiger partial charge >= 0.3 is 0 Å². The van der Waals surface area contributed by atoms with Gasteiger partial charge in [0.25, 0.3) is 0 Å². The number of nitrogens with one attached hydrogen (secondary N) is 1. The summed E-state index contributed by atoms with van der Waals surface area (Å²) in [5.41, 5.74) is 3.93. The number of amides is 1. The fraction of sp³-hybridized carbons (Fsp3) is 0.708. The Morgan fingerprint density at radius 3 is 2.69 bits per heavy atom. The van der Waals surface area contributed by atoms with Crippen molar-refractivity contribution in [1.29, 1.82) is 0 Å². The van der Waals surface area contributed by atoms with Crippen LogP contribution in [0, 0.1) is 19.8 Å². The molecule has 0 saturated carbocycles. The Balaban J connectivity index is 1.43. The first-order valence-corrected chi connectivity index (χ1v) is 12.6. The van der Waals surface area contributed by atoms with E-state index in [1.165, 1.54) is 28.6 Å². The maximum Gasteiger partial charge on any atom is 0.237 e. The molecule has 0 bridgehead atoms. The molecule has 1 amide bonds. The first-order chi connectivity index (χ1) is 15.3. The summed E-state index contributed by atoms with van der Waals surface area (Å²) in [6.45, 7) is 13.2. The number of carbonyl (C=O) groups is 1. The number of unbranched alkanes of at least 4 members (excludes halogenated alkanes) is 1. The van der Waals surface area contributed by atoms with E-state index in [4.69, 9.17) is 4.74 Å². The lowest BCUT2D eigenvalue weighted by Gasteiger charge is -2.44. The molecular weight excluding hydrogens is 422 g/mol. The molecule has 0 radical (unpaired) electrons. The summed E-state index contributed by atoms with van der Waals surface area (Å²) >= 11 is 1.27. The lowest BCUT2D eigenvalue weighted by Crippen LogP contribution is -2.53. The van der Waals surface area contributed by atoms with Crippen LogP contribution in [0.2, 0.25) is 0 Å². The zero-order valence-corrected chi connectivity index (χ0v) is 21.2. The van der Waals surface area contributed by atoms with Gasteiger partial charge in [-0.15, -0.1) is 4.52 Å². The second kappa shape index (κ2) is 11.5. The fourth-order valence-electron chi connectivity index (χ4n) is 4.30. The van der Waals surface area contributed by atoms with E-state index in [1.54, 1.807) is 0 Å². The van der Waals surface area contributed by atoms with Gasteiger partial charge in [-0.25, -0.2) is 0 Å². The van der Waals surface area contributed by atoms with Crippen molar-refractivity contribution in [2.45, 2.75) is 57.9 Å². The second-order valence-electron chi connectivity index (χ2n) is 9.47. The fourth-order valence-corrected chi connectivity index (χ4v) is 5.02. The van der Waals surface area contributed by atoms with Gasteiger partial charge < -0.3 is 15.0 Å². The molecule has 3 unspecified atom stereocenters. The van der Waals surface area contributed by atoms with Crippen LogP contribution >= 0.6 is 11.9 Å². The monoisotopic (exact) mass is 461 g/mol. The predicted molar refractivity (Wildman–Crippen MR) is 131 cm³/mol. The Morgan fingerprint density at radius 2 is 2.03 bits per heavy atom. The van der Waals surface area contributed by atoms with Crippen molar-refractivity contribution in [3.63, 3.8) is 0 Å². The predicted octanol–water partition coefficient (Wildman–Crippen LogP) is 4.00. The van der Waals surface area contributed by atoms with Crippen molar-refractivity contribution in [1.82, 2.24) is 15.1 Å². The minimum absolute atomic E-state index is 0.0332. The molecule has 1 aromatic carbocycles. The summed E-state index contributed by atoms with van der Waals surface area (Å²) < 4.78 is 9.98. The van der Waals surface area contributed by atoms with Gasteiger partial charge in [0, 0.05) is 43.5 Å². The SMILES string of the molecule is Cc1c(OCCCCN(C)C)ccc(C(C)N2CC(CNC(=O)C3SN=NC3C)C2)c1C. The number of carbonyl (C=O) groups excluding carboxylic acids is 1. The quantitative estimate of drug-likeness (QED) is 0.398. The number of rotatable bonds is 11. The smallest absolute Gasteiger partial charge is 0.237 e. The van der Waals surface area contributed by atoms with Gasteiger partial charge in [0.15, 0.2) is 0 Å². The molecule has 0 spiro atoms. The minimum Gasteiger partial charge on any atom is -0.493 e. The van der Waals surface area contributed by atoms with Crippen LogP contribution in [0.15, 0.2) is 21.8 Å². The van der Waals surface area contributed by atoms with Crippen LogP contribution in [-0.2, 0) is 4.79 Å². The molecule has 178 valence electrons. The van der Waals surface area contributed by atoms with Crippen LogP contribution in [0.25, 0.3) is 0 Å². The van der Waals surface area contributed by atoms with E-state index in [9.17, 15) is 4.79 Å². The molecular formula is C24H39N5O2S. The molecule has 3 atom stereocenters. The zero-order chi connectivity index (χ0) is 23.3. The maximum absolute atomic E-state index is 12.3. The highest BCUT2D eigenvalue weighted by molar-refractivity contribution is 7.99. The summed E-state index contributed by atoms with van der Waals surface area (Å²) in [5.74, 6) is 1.57. The summed E-state index contributed by atoms with van der Waals surface area (Å²) in [7, 11) is 4.21. The molecule has 8 heteroatoms. The molecule has 1 aromatic rings. The Hall–Kier alpha value is -1.64. The lowest BCUT2D eigenvalue weighted by atomic mass is 9.91.